The quantitative estimate of drug-likeness (QED) is 0.692. The summed E-state index contributed by atoms with van der Waals surface area (Å²) in [5.41, 5.74) is 0.256. The van der Waals surface area contributed by atoms with Crippen LogP contribution in [0.1, 0.15) is 40.0 Å². The van der Waals surface area contributed by atoms with Crippen molar-refractivity contribution in [2.45, 2.75) is 45.6 Å². The molecule has 0 saturated carbocycles. The van der Waals surface area contributed by atoms with Gasteiger partial charge >= 0.3 is 0 Å². The predicted octanol–water partition coefficient (Wildman–Crippen LogP) is 2.12. The van der Waals surface area contributed by atoms with E-state index < -0.39 is 0 Å². The van der Waals surface area contributed by atoms with Crippen LogP contribution in [0.3, 0.4) is 0 Å². The van der Waals surface area contributed by atoms with Crippen molar-refractivity contribution in [2.75, 3.05) is 39.9 Å². The Hall–Kier alpha value is -0.120. The van der Waals surface area contributed by atoms with E-state index in [1.54, 1.807) is 7.11 Å². The van der Waals surface area contributed by atoms with Crippen molar-refractivity contribution in [3.05, 3.63) is 0 Å². The monoisotopic (exact) mass is 242 g/mol. The van der Waals surface area contributed by atoms with Crippen molar-refractivity contribution in [3.8, 4) is 0 Å². The predicted molar refractivity (Wildman–Crippen MR) is 73.4 cm³/mol. The minimum Gasteiger partial charge on any atom is -0.385 e. The van der Waals surface area contributed by atoms with Crippen molar-refractivity contribution in [3.63, 3.8) is 0 Å². The molecule has 0 radical (unpaired) electrons. The molecule has 3 heteroatoms. The van der Waals surface area contributed by atoms with Crippen LogP contribution in [0.15, 0.2) is 0 Å². The first-order valence-corrected chi connectivity index (χ1v) is 6.97. The third-order valence-corrected chi connectivity index (χ3v) is 3.36. The highest BCUT2D eigenvalue weighted by Crippen LogP contribution is 2.16. The molecule has 1 atom stereocenters. The highest BCUT2D eigenvalue weighted by molar-refractivity contribution is 4.80. The second kappa shape index (κ2) is 7.34. The number of hydrogen-bond donors (Lipinski definition) is 1. The number of unbranched alkanes of at least 4 members (excludes halogenated alkanes) is 1. The van der Waals surface area contributed by atoms with Gasteiger partial charge in [-0.15, -0.1) is 0 Å². The first-order valence-electron chi connectivity index (χ1n) is 6.97. The van der Waals surface area contributed by atoms with E-state index in [0.29, 0.717) is 0 Å². The van der Waals surface area contributed by atoms with E-state index in [0.717, 1.165) is 19.1 Å². The SMILES string of the molecule is COCCCCN1CCC(CNC(C)(C)C)C1. The van der Waals surface area contributed by atoms with Crippen molar-refractivity contribution >= 4 is 0 Å². The Bertz CT molecular complexity index is 201. The summed E-state index contributed by atoms with van der Waals surface area (Å²) in [6.07, 6.45) is 3.82. The Morgan fingerprint density at radius 2 is 2.06 bits per heavy atom. The maximum absolute atomic E-state index is 5.08. The summed E-state index contributed by atoms with van der Waals surface area (Å²) >= 11 is 0. The van der Waals surface area contributed by atoms with Crippen LogP contribution >= 0.6 is 0 Å². The number of ether oxygens (including phenoxy) is 1. The molecule has 0 aromatic heterocycles. The minimum atomic E-state index is 0.256. The van der Waals surface area contributed by atoms with Crippen LogP contribution < -0.4 is 5.32 Å². The van der Waals surface area contributed by atoms with Crippen molar-refractivity contribution in [1.29, 1.82) is 0 Å². The summed E-state index contributed by atoms with van der Waals surface area (Å²) in [4.78, 5) is 2.60. The summed E-state index contributed by atoms with van der Waals surface area (Å²) in [7, 11) is 1.78. The van der Waals surface area contributed by atoms with Crippen molar-refractivity contribution < 1.29 is 4.74 Å². The van der Waals surface area contributed by atoms with Gasteiger partial charge in [0.1, 0.15) is 0 Å². The number of methoxy groups -OCH3 is 1. The van der Waals surface area contributed by atoms with Crippen molar-refractivity contribution in [1.82, 2.24) is 10.2 Å². The average molecular weight is 242 g/mol. The van der Waals surface area contributed by atoms with Crippen LogP contribution in [0.25, 0.3) is 0 Å². The van der Waals surface area contributed by atoms with E-state index >= 15 is 0 Å². The molecular weight excluding hydrogens is 212 g/mol. The van der Waals surface area contributed by atoms with Crippen LogP contribution in [0.5, 0.6) is 0 Å². The van der Waals surface area contributed by atoms with Gasteiger partial charge < -0.3 is 15.0 Å². The molecule has 1 saturated heterocycles. The molecular formula is C14H30N2O. The molecule has 1 aliphatic rings. The summed E-state index contributed by atoms with van der Waals surface area (Å²) in [5.74, 6) is 0.844. The lowest BCUT2D eigenvalue weighted by Gasteiger charge is -2.23. The lowest BCUT2D eigenvalue weighted by atomic mass is 10.1. The van der Waals surface area contributed by atoms with Gasteiger partial charge in [-0.1, -0.05) is 0 Å². The van der Waals surface area contributed by atoms with Gasteiger partial charge in [0.2, 0.25) is 0 Å². The minimum absolute atomic E-state index is 0.256. The van der Waals surface area contributed by atoms with E-state index in [4.69, 9.17) is 4.74 Å². The first kappa shape index (κ1) is 14.9. The molecule has 0 aliphatic carbocycles. The average Bonchev–Trinajstić information content (AvgIpc) is 2.69. The largest absolute Gasteiger partial charge is 0.385 e. The fourth-order valence-corrected chi connectivity index (χ4v) is 2.31. The highest BCUT2D eigenvalue weighted by Gasteiger charge is 2.23. The van der Waals surface area contributed by atoms with Crippen LogP contribution in [0.2, 0.25) is 0 Å². The third-order valence-electron chi connectivity index (χ3n) is 3.36. The zero-order chi connectivity index (χ0) is 12.7. The summed E-state index contributed by atoms with van der Waals surface area (Å²) < 4.78 is 5.08. The smallest absolute Gasteiger partial charge is 0.0462 e. The second-order valence-corrected chi connectivity index (χ2v) is 6.29. The lowest BCUT2D eigenvalue weighted by molar-refractivity contribution is 0.186. The Kier molecular flexibility index (Phi) is 6.45. The summed E-state index contributed by atoms with van der Waals surface area (Å²) in [6, 6.07) is 0. The molecule has 0 aromatic rings. The van der Waals surface area contributed by atoms with Gasteiger partial charge in [-0.25, -0.2) is 0 Å². The molecule has 1 unspecified atom stereocenters. The molecule has 1 N–H and O–H groups in total. The molecule has 102 valence electrons. The molecule has 0 bridgehead atoms. The first-order chi connectivity index (χ1) is 8.01. The van der Waals surface area contributed by atoms with E-state index in [-0.39, 0.29) is 5.54 Å². The zero-order valence-electron chi connectivity index (χ0n) is 12.1. The Labute approximate surface area is 107 Å². The van der Waals surface area contributed by atoms with Crippen LogP contribution in [-0.4, -0.2) is 50.3 Å². The Morgan fingerprint density at radius 3 is 2.71 bits per heavy atom. The van der Waals surface area contributed by atoms with Gasteiger partial charge in [0.05, 0.1) is 0 Å². The molecule has 0 spiro atoms. The number of nitrogens with one attached hydrogen (secondary N) is 1. The molecule has 1 heterocycles. The maximum atomic E-state index is 5.08. The van der Waals surface area contributed by atoms with Crippen molar-refractivity contribution in [2.24, 2.45) is 5.92 Å². The zero-order valence-corrected chi connectivity index (χ0v) is 12.1. The fraction of sp³-hybridized carbons (Fsp3) is 1.00. The van der Waals surface area contributed by atoms with Gasteiger partial charge in [-0.3, -0.25) is 0 Å². The van der Waals surface area contributed by atoms with E-state index in [2.05, 4.69) is 31.0 Å². The highest BCUT2D eigenvalue weighted by atomic mass is 16.5. The normalized spacial score (nSPS) is 22.2. The van der Waals surface area contributed by atoms with Gasteiger partial charge in [-0.05, 0) is 65.6 Å². The Morgan fingerprint density at radius 1 is 1.29 bits per heavy atom. The molecule has 3 nitrogen and oxygen atoms in total. The number of likely N-dealkylation sites (tertiary alicyclic amines) is 1. The molecule has 0 amide bonds. The van der Waals surface area contributed by atoms with Crippen LogP contribution in [-0.2, 0) is 4.74 Å². The van der Waals surface area contributed by atoms with Crippen LogP contribution in [0.4, 0.5) is 0 Å². The Balaban J connectivity index is 2.06. The summed E-state index contributed by atoms with van der Waals surface area (Å²) in [5, 5.41) is 3.61. The standard InChI is InChI=1S/C14H30N2O/c1-14(2,3)15-11-13-7-9-16(12-13)8-5-6-10-17-4/h13,15H,5-12H2,1-4H3. The van der Waals surface area contributed by atoms with E-state index in [1.165, 1.54) is 38.9 Å². The number of rotatable bonds is 7. The lowest BCUT2D eigenvalue weighted by Crippen LogP contribution is -2.39. The fourth-order valence-electron chi connectivity index (χ4n) is 2.31. The molecule has 1 fully saturated rings. The molecule has 0 aromatic carbocycles. The van der Waals surface area contributed by atoms with E-state index in [1.807, 2.05) is 0 Å². The van der Waals surface area contributed by atoms with E-state index in [9.17, 15) is 0 Å². The van der Waals surface area contributed by atoms with Gasteiger partial charge in [0.25, 0.3) is 0 Å². The topological polar surface area (TPSA) is 24.5 Å². The van der Waals surface area contributed by atoms with Gasteiger partial charge in [-0.2, -0.15) is 0 Å². The summed E-state index contributed by atoms with van der Waals surface area (Å²) in [6.45, 7) is 12.6. The molecule has 17 heavy (non-hydrogen) atoms. The maximum Gasteiger partial charge on any atom is 0.0462 e. The third kappa shape index (κ3) is 7.02. The number of hydrogen-bond acceptors (Lipinski definition) is 3. The number of nitrogens with zero attached hydrogens (tertiary/aromatic N) is 1. The molecule has 1 aliphatic heterocycles. The van der Waals surface area contributed by atoms with Gasteiger partial charge in [0, 0.05) is 25.8 Å². The molecule has 1 rings (SSSR count). The van der Waals surface area contributed by atoms with Gasteiger partial charge in [0.15, 0.2) is 0 Å². The van der Waals surface area contributed by atoms with Crippen LogP contribution in [0, 0.1) is 5.92 Å². The second-order valence-electron chi connectivity index (χ2n) is 6.29.